The molecule has 0 aromatic heterocycles. The molecule has 5 nitrogen and oxygen atoms in total. The van der Waals surface area contributed by atoms with E-state index in [-0.39, 0.29) is 12.6 Å². The summed E-state index contributed by atoms with van der Waals surface area (Å²) >= 11 is 0. The first-order valence-electron chi connectivity index (χ1n) is 12.6. The molecule has 0 saturated carbocycles. The molecule has 0 atom stereocenters. The molecule has 0 radical (unpaired) electrons. The van der Waals surface area contributed by atoms with Crippen molar-refractivity contribution in [3.63, 3.8) is 0 Å². The van der Waals surface area contributed by atoms with Gasteiger partial charge in [0.1, 0.15) is 6.61 Å². The molecule has 0 N–H and O–H groups in total. The van der Waals surface area contributed by atoms with Crippen molar-refractivity contribution in [2.75, 3.05) is 46.8 Å². The van der Waals surface area contributed by atoms with Crippen LogP contribution in [0.1, 0.15) is 110 Å². The minimum absolute atomic E-state index is 0.0182. The van der Waals surface area contributed by atoms with E-state index in [1.165, 1.54) is 103 Å². The van der Waals surface area contributed by atoms with Crippen LogP contribution < -0.4 is 0 Å². The van der Waals surface area contributed by atoms with Gasteiger partial charge in [0.15, 0.2) is 0 Å². The Hall–Kier alpha value is -0.650. The van der Waals surface area contributed by atoms with E-state index in [4.69, 9.17) is 14.2 Å². The number of ether oxygens (including phenoxy) is 4. The van der Waals surface area contributed by atoms with E-state index >= 15 is 0 Å². The number of esters is 1. The maximum absolute atomic E-state index is 10.8. The lowest BCUT2D eigenvalue weighted by molar-refractivity contribution is -0.146. The van der Waals surface area contributed by atoms with Crippen molar-refractivity contribution in [2.45, 2.75) is 110 Å². The molecule has 0 amide bonds. The standard InChI is InChI=1S/C25H50O5/c1-3-4-5-6-7-8-9-10-11-12-13-14-15-16-17-18-19-28-20-21-29-22-23-30-24-25(26)27-2/h3-24H2,1-2H3. The second kappa shape index (κ2) is 26.4. The summed E-state index contributed by atoms with van der Waals surface area (Å²) in [6.45, 7) is 5.14. The summed E-state index contributed by atoms with van der Waals surface area (Å²) in [7, 11) is 1.35. The smallest absolute Gasteiger partial charge is 0.331 e. The summed E-state index contributed by atoms with van der Waals surface area (Å²) in [5.74, 6) is -0.364. The molecule has 0 aromatic rings. The average Bonchev–Trinajstić information content (AvgIpc) is 2.76. The van der Waals surface area contributed by atoms with Crippen LogP contribution in [0.4, 0.5) is 0 Å². The maximum atomic E-state index is 10.8. The van der Waals surface area contributed by atoms with Crippen molar-refractivity contribution in [1.82, 2.24) is 0 Å². The number of hydrogen-bond donors (Lipinski definition) is 0. The van der Waals surface area contributed by atoms with Gasteiger partial charge in [-0.25, -0.2) is 4.79 Å². The summed E-state index contributed by atoms with van der Waals surface area (Å²) in [5.41, 5.74) is 0. The Morgan fingerprint density at radius 1 is 0.500 bits per heavy atom. The molecule has 5 heteroatoms. The van der Waals surface area contributed by atoms with Gasteiger partial charge in [-0.15, -0.1) is 0 Å². The fourth-order valence-electron chi connectivity index (χ4n) is 3.41. The van der Waals surface area contributed by atoms with Crippen LogP contribution in [0.25, 0.3) is 0 Å². The first kappa shape index (κ1) is 29.4. The minimum Gasteiger partial charge on any atom is -0.467 e. The summed E-state index contributed by atoms with van der Waals surface area (Å²) in [4.78, 5) is 10.8. The topological polar surface area (TPSA) is 54.0 Å². The van der Waals surface area contributed by atoms with Crippen molar-refractivity contribution >= 4 is 5.97 Å². The summed E-state index contributed by atoms with van der Waals surface area (Å²) in [5, 5.41) is 0. The third-order valence-electron chi connectivity index (χ3n) is 5.33. The van der Waals surface area contributed by atoms with Crippen molar-refractivity contribution in [2.24, 2.45) is 0 Å². The summed E-state index contributed by atoms with van der Waals surface area (Å²) < 4.78 is 20.5. The van der Waals surface area contributed by atoms with Gasteiger partial charge in [0.2, 0.25) is 0 Å². The monoisotopic (exact) mass is 430 g/mol. The molecule has 0 bridgehead atoms. The van der Waals surface area contributed by atoms with Crippen molar-refractivity contribution in [3.05, 3.63) is 0 Å². The molecule has 180 valence electrons. The van der Waals surface area contributed by atoms with E-state index in [1.54, 1.807) is 0 Å². The van der Waals surface area contributed by atoms with Crippen molar-refractivity contribution < 1.29 is 23.7 Å². The fraction of sp³-hybridized carbons (Fsp3) is 0.960. The molecule has 0 rings (SSSR count). The Labute approximate surface area is 186 Å². The quantitative estimate of drug-likeness (QED) is 0.123. The number of rotatable bonds is 25. The molecule has 0 unspecified atom stereocenters. The minimum atomic E-state index is -0.364. The molecular formula is C25H50O5. The van der Waals surface area contributed by atoms with Crippen LogP contribution in [0.5, 0.6) is 0 Å². The molecular weight excluding hydrogens is 380 g/mol. The third kappa shape index (κ3) is 25.4. The number of hydrogen-bond acceptors (Lipinski definition) is 5. The Kier molecular flexibility index (Phi) is 25.8. The molecule has 0 aliphatic rings. The van der Waals surface area contributed by atoms with Crippen LogP contribution in [0, 0.1) is 0 Å². The number of methoxy groups -OCH3 is 1. The lowest BCUT2D eigenvalue weighted by Gasteiger charge is -2.06. The second-order valence-electron chi connectivity index (χ2n) is 8.16. The van der Waals surface area contributed by atoms with E-state index < -0.39 is 0 Å². The zero-order valence-electron chi connectivity index (χ0n) is 20.1. The van der Waals surface area contributed by atoms with E-state index in [0.717, 1.165) is 13.0 Å². The predicted molar refractivity (Wildman–Crippen MR) is 124 cm³/mol. The third-order valence-corrected chi connectivity index (χ3v) is 5.33. The van der Waals surface area contributed by atoms with Gasteiger partial charge in [-0.3, -0.25) is 0 Å². The fourth-order valence-corrected chi connectivity index (χ4v) is 3.41. The zero-order chi connectivity index (χ0) is 22.0. The van der Waals surface area contributed by atoms with Gasteiger partial charge in [-0.05, 0) is 6.42 Å². The molecule has 0 heterocycles. The highest BCUT2D eigenvalue weighted by Crippen LogP contribution is 2.13. The molecule has 0 spiro atoms. The highest BCUT2D eigenvalue weighted by molar-refractivity contribution is 5.70. The molecule has 0 aliphatic carbocycles. The van der Waals surface area contributed by atoms with E-state index in [0.29, 0.717) is 26.4 Å². The highest BCUT2D eigenvalue weighted by Gasteiger charge is 1.99. The van der Waals surface area contributed by atoms with Gasteiger partial charge in [-0.2, -0.15) is 0 Å². The van der Waals surface area contributed by atoms with Crippen LogP contribution in [0.15, 0.2) is 0 Å². The molecule has 0 aliphatic heterocycles. The SMILES string of the molecule is CCCCCCCCCCCCCCCCCCOCCOCCOCC(=O)OC. The normalized spacial score (nSPS) is 11.1. The largest absolute Gasteiger partial charge is 0.467 e. The van der Waals surface area contributed by atoms with Crippen molar-refractivity contribution in [3.8, 4) is 0 Å². The van der Waals surface area contributed by atoms with E-state index in [1.807, 2.05) is 0 Å². The van der Waals surface area contributed by atoms with Gasteiger partial charge >= 0.3 is 5.97 Å². The van der Waals surface area contributed by atoms with E-state index in [2.05, 4.69) is 11.7 Å². The molecule has 0 fully saturated rings. The predicted octanol–water partition coefficient (Wildman–Crippen LogP) is 6.47. The lowest BCUT2D eigenvalue weighted by Crippen LogP contribution is -2.14. The highest BCUT2D eigenvalue weighted by atomic mass is 16.6. The van der Waals surface area contributed by atoms with Crippen LogP contribution in [-0.4, -0.2) is 52.7 Å². The van der Waals surface area contributed by atoms with Crippen LogP contribution >= 0.6 is 0 Å². The van der Waals surface area contributed by atoms with Crippen LogP contribution in [-0.2, 0) is 23.7 Å². The van der Waals surface area contributed by atoms with Crippen molar-refractivity contribution in [1.29, 1.82) is 0 Å². The Morgan fingerprint density at radius 2 is 0.867 bits per heavy atom. The van der Waals surface area contributed by atoms with Gasteiger partial charge in [0.05, 0.1) is 33.5 Å². The molecule has 0 saturated heterocycles. The summed E-state index contributed by atoms with van der Waals surface area (Å²) in [6.07, 6.45) is 22.2. The van der Waals surface area contributed by atoms with Crippen LogP contribution in [0.3, 0.4) is 0 Å². The Morgan fingerprint density at radius 3 is 1.30 bits per heavy atom. The molecule has 0 aromatic carbocycles. The average molecular weight is 431 g/mol. The first-order chi connectivity index (χ1) is 14.8. The molecule has 30 heavy (non-hydrogen) atoms. The number of carbonyl (C=O) groups excluding carboxylic acids is 1. The van der Waals surface area contributed by atoms with E-state index in [9.17, 15) is 4.79 Å². The first-order valence-corrected chi connectivity index (χ1v) is 12.6. The Bertz CT molecular complexity index is 336. The second-order valence-corrected chi connectivity index (χ2v) is 8.16. The van der Waals surface area contributed by atoms with Gasteiger partial charge < -0.3 is 18.9 Å². The maximum Gasteiger partial charge on any atom is 0.331 e. The van der Waals surface area contributed by atoms with Gasteiger partial charge in [0.25, 0.3) is 0 Å². The Balaban J connectivity index is 3.01. The lowest BCUT2D eigenvalue weighted by atomic mass is 10.0. The number of carbonyl (C=O) groups is 1. The van der Waals surface area contributed by atoms with Gasteiger partial charge in [-0.1, -0.05) is 103 Å². The number of unbranched alkanes of at least 4 members (excludes halogenated alkanes) is 15. The van der Waals surface area contributed by atoms with Gasteiger partial charge in [0, 0.05) is 6.61 Å². The summed E-state index contributed by atoms with van der Waals surface area (Å²) in [6, 6.07) is 0. The van der Waals surface area contributed by atoms with Crippen LogP contribution in [0.2, 0.25) is 0 Å². The zero-order valence-corrected chi connectivity index (χ0v) is 20.1.